The summed E-state index contributed by atoms with van der Waals surface area (Å²) in [5.74, 6) is -1.000. The van der Waals surface area contributed by atoms with E-state index in [1.807, 2.05) is 12.3 Å². The standard InChI is InChI=1S/C16H14N2O2/c1-11-5-6-12-7-8-18(15(12)9-11)10-13-3-2-4-14(17-13)16(19)20/h2-9H,10H2,1H3,(H,19,20). The molecule has 0 aliphatic carbocycles. The highest BCUT2D eigenvalue weighted by Gasteiger charge is 2.07. The number of benzene rings is 1. The van der Waals surface area contributed by atoms with Gasteiger partial charge in [-0.1, -0.05) is 18.2 Å². The number of fused-ring (bicyclic) bond motifs is 1. The topological polar surface area (TPSA) is 55.1 Å². The lowest BCUT2D eigenvalue weighted by atomic mass is 10.2. The van der Waals surface area contributed by atoms with Gasteiger partial charge in [0.2, 0.25) is 0 Å². The average Bonchev–Trinajstić information content (AvgIpc) is 2.82. The van der Waals surface area contributed by atoms with E-state index in [0.717, 1.165) is 11.2 Å². The van der Waals surface area contributed by atoms with Crippen molar-refractivity contribution >= 4 is 16.9 Å². The number of rotatable bonds is 3. The summed E-state index contributed by atoms with van der Waals surface area (Å²) in [6, 6.07) is 13.4. The molecule has 0 aliphatic heterocycles. The number of pyridine rings is 1. The second-order valence-corrected chi connectivity index (χ2v) is 4.83. The van der Waals surface area contributed by atoms with Crippen LogP contribution in [-0.4, -0.2) is 20.6 Å². The van der Waals surface area contributed by atoms with E-state index in [0.29, 0.717) is 6.54 Å². The van der Waals surface area contributed by atoms with Gasteiger partial charge in [0, 0.05) is 11.7 Å². The molecule has 2 heterocycles. The van der Waals surface area contributed by atoms with Crippen LogP contribution in [0.15, 0.2) is 48.7 Å². The van der Waals surface area contributed by atoms with Crippen molar-refractivity contribution in [3.8, 4) is 0 Å². The van der Waals surface area contributed by atoms with Crippen molar-refractivity contribution in [1.29, 1.82) is 0 Å². The second-order valence-electron chi connectivity index (χ2n) is 4.83. The van der Waals surface area contributed by atoms with E-state index in [1.165, 1.54) is 17.0 Å². The summed E-state index contributed by atoms with van der Waals surface area (Å²) in [5.41, 5.74) is 3.15. The molecular formula is C16H14N2O2. The fourth-order valence-electron chi connectivity index (χ4n) is 2.29. The van der Waals surface area contributed by atoms with E-state index in [-0.39, 0.29) is 5.69 Å². The molecule has 100 valence electrons. The molecule has 0 bridgehead atoms. The third-order valence-corrected chi connectivity index (χ3v) is 3.29. The highest BCUT2D eigenvalue weighted by molar-refractivity contribution is 5.85. The molecule has 3 rings (SSSR count). The number of aromatic carboxylic acids is 1. The third-order valence-electron chi connectivity index (χ3n) is 3.29. The van der Waals surface area contributed by atoms with Crippen molar-refractivity contribution in [2.75, 3.05) is 0 Å². The zero-order valence-electron chi connectivity index (χ0n) is 11.1. The second kappa shape index (κ2) is 4.81. The van der Waals surface area contributed by atoms with Crippen LogP contribution in [0.3, 0.4) is 0 Å². The number of hydrogen-bond acceptors (Lipinski definition) is 2. The van der Waals surface area contributed by atoms with Crippen molar-refractivity contribution in [3.05, 3.63) is 65.6 Å². The highest BCUT2D eigenvalue weighted by atomic mass is 16.4. The lowest BCUT2D eigenvalue weighted by molar-refractivity contribution is 0.0690. The SMILES string of the molecule is Cc1ccc2ccn(Cc3cccc(C(=O)O)n3)c2c1. The van der Waals surface area contributed by atoms with Gasteiger partial charge in [0.05, 0.1) is 12.2 Å². The number of aryl methyl sites for hydroxylation is 1. The minimum atomic E-state index is -1.000. The molecule has 3 aromatic rings. The lowest BCUT2D eigenvalue weighted by Crippen LogP contribution is -2.05. The van der Waals surface area contributed by atoms with Crippen molar-refractivity contribution in [1.82, 2.24) is 9.55 Å². The Balaban J connectivity index is 1.99. The van der Waals surface area contributed by atoms with Crippen LogP contribution in [0.1, 0.15) is 21.7 Å². The molecule has 20 heavy (non-hydrogen) atoms. The summed E-state index contributed by atoms with van der Waals surface area (Å²) in [6.07, 6.45) is 2.00. The molecule has 0 saturated carbocycles. The number of carboxylic acid groups (broad SMARTS) is 1. The van der Waals surface area contributed by atoms with Crippen LogP contribution in [0.5, 0.6) is 0 Å². The normalized spacial score (nSPS) is 10.8. The number of aromatic nitrogens is 2. The minimum Gasteiger partial charge on any atom is -0.477 e. The molecule has 4 heteroatoms. The molecule has 0 unspecified atom stereocenters. The molecule has 0 atom stereocenters. The Bertz CT molecular complexity index is 790. The zero-order chi connectivity index (χ0) is 14.1. The first kappa shape index (κ1) is 12.4. The molecule has 0 amide bonds. The Hall–Kier alpha value is -2.62. The van der Waals surface area contributed by atoms with Crippen LogP contribution in [-0.2, 0) is 6.54 Å². The first-order valence-corrected chi connectivity index (χ1v) is 6.38. The van der Waals surface area contributed by atoms with Crippen LogP contribution in [0.25, 0.3) is 10.9 Å². The Morgan fingerprint density at radius 3 is 2.90 bits per heavy atom. The first-order valence-electron chi connectivity index (χ1n) is 6.38. The van der Waals surface area contributed by atoms with E-state index in [1.54, 1.807) is 6.07 Å². The predicted octanol–water partition coefficient (Wildman–Crippen LogP) is 3.09. The van der Waals surface area contributed by atoms with Crippen LogP contribution < -0.4 is 0 Å². The van der Waals surface area contributed by atoms with Gasteiger partial charge in [-0.2, -0.15) is 0 Å². The molecule has 0 aliphatic rings. The van der Waals surface area contributed by atoms with Crippen molar-refractivity contribution in [2.45, 2.75) is 13.5 Å². The fraction of sp³-hybridized carbons (Fsp3) is 0.125. The average molecular weight is 266 g/mol. The summed E-state index contributed by atoms with van der Waals surface area (Å²) in [4.78, 5) is 15.1. The van der Waals surface area contributed by atoms with Crippen LogP contribution in [0.4, 0.5) is 0 Å². The maximum Gasteiger partial charge on any atom is 0.354 e. The maximum absolute atomic E-state index is 10.9. The molecular weight excluding hydrogens is 252 g/mol. The fourth-order valence-corrected chi connectivity index (χ4v) is 2.29. The van der Waals surface area contributed by atoms with Gasteiger partial charge >= 0.3 is 5.97 Å². The number of carbonyl (C=O) groups is 1. The molecule has 0 radical (unpaired) electrons. The van der Waals surface area contributed by atoms with Gasteiger partial charge in [0.15, 0.2) is 0 Å². The van der Waals surface area contributed by atoms with Gasteiger partial charge in [0.1, 0.15) is 5.69 Å². The Morgan fingerprint density at radius 2 is 2.10 bits per heavy atom. The molecule has 0 fully saturated rings. The number of hydrogen-bond donors (Lipinski definition) is 1. The zero-order valence-corrected chi connectivity index (χ0v) is 11.1. The van der Waals surface area contributed by atoms with E-state index in [9.17, 15) is 4.79 Å². The predicted molar refractivity (Wildman–Crippen MR) is 77.0 cm³/mol. The van der Waals surface area contributed by atoms with Gasteiger partial charge in [0.25, 0.3) is 0 Å². The van der Waals surface area contributed by atoms with Gasteiger partial charge in [-0.05, 0) is 42.1 Å². The summed E-state index contributed by atoms with van der Waals surface area (Å²) in [7, 11) is 0. The Morgan fingerprint density at radius 1 is 1.25 bits per heavy atom. The Labute approximate surface area is 116 Å². The van der Waals surface area contributed by atoms with Crippen LogP contribution >= 0.6 is 0 Å². The van der Waals surface area contributed by atoms with Gasteiger partial charge < -0.3 is 9.67 Å². The van der Waals surface area contributed by atoms with Crippen molar-refractivity contribution < 1.29 is 9.90 Å². The third kappa shape index (κ3) is 2.28. The molecule has 1 aromatic carbocycles. The molecule has 2 aromatic heterocycles. The minimum absolute atomic E-state index is 0.0788. The van der Waals surface area contributed by atoms with Crippen molar-refractivity contribution in [3.63, 3.8) is 0 Å². The van der Waals surface area contributed by atoms with E-state index in [4.69, 9.17) is 5.11 Å². The summed E-state index contributed by atoms with van der Waals surface area (Å²) < 4.78 is 2.08. The van der Waals surface area contributed by atoms with Gasteiger partial charge in [-0.25, -0.2) is 9.78 Å². The molecule has 0 saturated heterocycles. The lowest BCUT2D eigenvalue weighted by Gasteiger charge is -2.06. The van der Waals surface area contributed by atoms with Crippen LogP contribution in [0.2, 0.25) is 0 Å². The first-order chi connectivity index (χ1) is 9.63. The number of carboxylic acids is 1. The maximum atomic E-state index is 10.9. The molecule has 1 N–H and O–H groups in total. The van der Waals surface area contributed by atoms with Crippen molar-refractivity contribution in [2.24, 2.45) is 0 Å². The Kier molecular flexibility index (Phi) is 2.99. The molecule has 4 nitrogen and oxygen atoms in total. The van der Waals surface area contributed by atoms with Gasteiger partial charge in [-0.3, -0.25) is 0 Å². The van der Waals surface area contributed by atoms with E-state index in [2.05, 4.69) is 40.7 Å². The van der Waals surface area contributed by atoms with Crippen LogP contribution in [0, 0.1) is 6.92 Å². The smallest absolute Gasteiger partial charge is 0.354 e. The van der Waals surface area contributed by atoms with E-state index < -0.39 is 5.97 Å². The number of nitrogens with zero attached hydrogens (tertiary/aromatic N) is 2. The molecule has 0 spiro atoms. The largest absolute Gasteiger partial charge is 0.477 e. The quantitative estimate of drug-likeness (QED) is 0.792. The van der Waals surface area contributed by atoms with E-state index >= 15 is 0 Å². The monoisotopic (exact) mass is 266 g/mol. The summed E-state index contributed by atoms with van der Waals surface area (Å²) >= 11 is 0. The summed E-state index contributed by atoms with van der Waals surface area (Å²) in [6.45, 7) is 2.62. The van der Waals surface area contributed by atoms with Gasteiger partial charge in [-0.15, -0.1) is 0 Å². The summed E-state index contributed by atoms with van der Waals surface area (Å²) in [5, 5.41) is 10.1. The highest BCUT2D eigenvalue weighted by Crippen LogP contribution is 2.18.